The molecule has 0 saturated heterocycles. The van der Waals surface area contributed by atoms with Crippen LogP contribution in [-0.4, -0.2) is 72.6 Å². The normalized spacial score (nSPS) is 15.9. The highest BCUT2D eigenvalue weighted by molar-refractivity contribution is 4.83. The van der Waals surface area contributed by atoms with Gasteiger partial charge < -0.3 is 29.2 Å². The summed E-state index contributed by atoms with van der Waals surface area (Å²) < 4.78 is 24.5. The molecule has 0 saturated carbocycles. The van der Waals surface area contributed by atoms with Gasteiger partial charge in [-0.05, 0) is 26.7 Å². The fourth-order valence-electron chi connectivity index (χ4n) is 5.67. The molecule has 0 rings (SSSR count). The number of aliphatic hydroxyl groups is 2. The van der Waals surface area contributed by atoms with Gasteiger partial charge in [-0.2, -0.15) is 4.90 Å². The standard InChI is InChI=1S/C32H67NO6/c1-7-11-12-13-14-15-16-17-18-19-20-21-22-23-24-25-30(8-2)33(31(5,36-9-3)38-28-26-34)32(6,37-10-4)39-29-27-35/h30,34-35H,7-29H2,1-6H3. The van der Waals surface area contributed by atoms with Crippen molar-refractivity contribution in [3.05, 3.63) is 0 Å². The molecule has 39 heavy (non-hydrogen) atoms. The molecule has 7 nitrogen and oxygen atoms in total. The molecule has 0 aliphatic carbocycles. The van der Waals surface area contributed by atoms with Gasteiger partial charge in [-0.15, -0.1) is 0 Å². The van der Waals surface area contributed by atoms with Crippen molar-refractivity contribution in [1.82, 2.24) is 4.90 Å². The number of unbranched alkanes of at least 4 members (excludes halogenated alkanes) is 14. The Labute approximate surface area is 242 Å². The second kappa shape index (κ2) is 25.4. The monoisotopic (exact) mass is 561 g/mol. The SMILES string of the molecule is CCCCCCCCCCCCCCCCCC(CC)N(C(C)(OCC)OCCO)C(C)(OCC)OCCO. The Morgan fingerprint density at radius 2 is 0.897 bits per heavy atom. The number of nitrogens with zero attached hydrogens (tertiary/aromatic N) is 1. The van der Waals surface area contributed by atoms with E-state index >= 15 is 0 Å². The summed E-state index contributed by atoms with van der Waals surface area (Å²) in [5.41, 5.74) is 0. The third kappa shape index (κ3) is 17.3. The van der Waals surface area contributed by atoms with Crippen LogP contribution in [0.2, 0.25) is 0 Å². The van der Waals surface area contributed by atoms with Crippen LogP contribution in [0.3, 0.4) is 0 Å². The molecule has 7 heteroatoms. The first-order valence-electron chi connectivity index (χ1n) is 16.5. The summed E-state index contributed by atoms with van der Waals surface area (Å²) in [4.78, 5) is 2.04. The maximum atomic E-state index is 9.48. The van der Waals surface area contributed by atoms with Crippen molar-refractivity contribution in [3.63, 3.8) is 0 Å². The summed E-state index contributed by atoms with van der Waals surface area (Å²) in [5.74, 6) is -2.29. The average molecular weight is 562 g/mol. The van der Waals surface area contributed by atoms with Crippen LogP contribution in [-0.2, 0) is 18.9 Å². The molecule has 3 unspecified atom stereocenters. The topological polar surface area (TPSA) is 80.6 Å². The minimum atomic E-state index is -1.15. The molecule has 0 aliphatic heterocycles. The van der Waals surface area contributed by atoms with Gasteiger partial charge in [0.25, 0.3) is 0 Å². The maximum Gasteiger partial charge on any atom is 0.231 e. The van der Waals surface area contributed by atoms with E-state index in [2.05, 4.69) is 13.8 Å². The van der Waals surface area contributed by atoms with Gasteiger partial charge >= 0.3 is 0 Å². The first-order chi connectivity index (χ1) is 18.9. The minimum Gasteiger partial charge on any atom is -0.394 e. The van der Waals surface area contributed by atoms with Crippen LogP contribution in [0.4, 0.5) is 0 Å². The largest absolute Gasteiger partial charge is 0.394 e. The lowest BCUT2D eigenvalue weighted by molar-refractivity contribution is -0.425. The van der Waals surface area contributed by atoms with Gasteiger partial charge in [-0.25, -0.2) is 0 Å². The van der Waals surface area contributed by atoms with Gasteiger partial charge in [0.05, 0.1) is 26.4 Å². The van der Waals surface area contributed by atoms with Crippen LogP contribution in [0.25, 0.3) is 0 Å². The second-order valence-corrected chi connectivity index (χ2v) is 11.0. The summed E-state index contributed by atoms with van der Waals surface area (Å²) >= 11 is 0. The molecular weight excluding hydrogens is 494 g/mol. The van der Waals surface area contributed by atoms with Crippen LogP contribution in [0.1, 0.15) is 151 Å². The molecule has 0 spiro atoms. The molecule has 0 aliphatic rings. The molecule has 0 aromatic rings. The van der Waals surface area contributed by atoms with E-state index in [9.17, 15) is 10.2 Å². The molecule has 0 bridgehead atoms. The lowest BCUT2D eigenvalue weighted by Crippen LogP contribution is -2.66. The van der Waals surface area contributed by atoms with E-state index in [4.69, 9.17) is 18.9 Å². The van der Waals surface area contributed by atoms with Gasteiger partial charge in [0, 0.05) is 33.1 Å². The highest BCUT2D eigenvalue weighted by atomic mass is 16.8. The highest BCUT2D eigenvalue weighted by Crippen LogP contribution is 2.35. The first-order valence-corrected chi connectivity index (χ1v) is 16.5. The van der Waals surface area contributed by atoms with Crippen molar-refractivity contribution in [2.45, 2.75) is 169 Å². The van der Waals surface area contributed by atoms with Crippen molar-refractivity contribution in [2.24, 2.45) is 0 Å². The lowest BCUT2D eigenvalue weighted by atomic mass is 10.0. The van der Waals surface area contributed by atoms with Crippen molar-refractivity contribution in [1.29, 1.82) is 0 Å². The van der Waals surface area contributed by atoms with Crippen molar-refractivity contribution < 1.29 is 29.2 Å². The Morgan fingerprint density at radius 3 is 1.21 bits per heavy atom. The predicted molar refractivity (Wildman–Crippen MR) is 162 cm³/mol. The third-order valence-corrected chi connectivity index (χ3v) is 7.60. The Bertz CT molecular complexity index is 501. The van der Waals surface area contributed by atoms with Crippen LogP contribution >= 0.6 is 0 Å². The number of ether oxygens (including phenoxy) is 4. The van der Waals surface area contributed by atoms with Crippen molar-refractivity contribution >= 4 is 0 Å². The molecular formula is C32H67NO6. The van der Waals surface area contributed by atoms with Gasteiger partial charge in [0.15, 0.2) is 0 Å². The number of rotatable bonds is 30. The van der Waals surface area contributed by atoms with Crippen LogP contribution in [0.5, 0.6) is 0 Å². The Hall–Kier alpha value is -0.280. The maximum absolute atomic E-state index is 9.48. The van der Waals surface area contributed by atoms with E-state index in [1.54, 1.807) is 0 Å². The minimum absolute atomic E-state index is 0.0810. The fourth-order valence-corrected chi connectivity index (χ4v) is 5.67. The Morgan fingerprint density at radius 1 is 0.538 bits per heavy atom. The van der Waals surface area contributed by atoms with Gasteiger partial charge in [0.2, 0.25) is 11.8 Å². The van der Waals surface area contributed by atoms with Gasteiger partial charge in [-0.1, -0.05) is 110 Å². The quantitative estimate of drug-likeness (QED) is 0.0685. The summed E-state index contributed by atoms with van der Waals surface area (Å²) in [7, 11) is 0. The van der Waals surface area contributed by atoms with E-state index in [0.29, 0.717) is 13.2 Å². The zero-order chi connectivity index (χ0) is 29.2. The Balaban J connectivity index is 4.78. The second-order valence-electron chi connectivity index (χ2n) is 11.0. The van der Waals surface area contributed by atoms with Crippen LogP contribution in [0.15, 0.2) is 0 Å². The molecule has 0 fully saturated rings. The molecule has 3 atom stereocenters. The third-order valence-electron chi connectivity index (χ3n) is 7.60. The zero-order valence-electron chi connectivity index (χ0n) is 26.8. The molecule has 0 radical (unpaired) electrons. The molecule has 0 heterocycles. The predicted octanol–water partition coefficient (Wildman–Crippen LogP) is 7.77. The smallest absolute Gasteiger partial charge is 0.231 e. The zero-order valence-corrected chi connectivity index (χ0v) is 26.8. The summed E-state index contributed by atoms with van der Waals surface area (Å²) in [6.45, 7) is 13.0. The summed E-state index contributed by atoms with van der Waals surface area (Å²) in [6.07, 6.45) is 22.0. The number of hydrogen-bond donors (Lipinski definition) is 2. The van der Waals surface area contributed by atoms with Crippen LogP contribution < -0.4 is 0 Å². The molecule has 0 aromatic heterocycles. The molecule has 0 aromatic carbocycles. The molecule has 2 N–H and O–H groups in total. The van der Waals surface area contributed by atoms with E-state index in [1.165, 1.54) is 89.9 Å². The van der Waals surface area contributed by atoms with E-state index in [0.717, 1.165) is 19.3 Å². The summed E-state index contributed by atoms with van der Waals surface area (Å²) in [6, 6.07) is 0.0810. The lowest BCUT2D eigenvalue weighted by Gasteiger charge is -2.52. The number of aliphatic hydroxyl groups excluding tert-OH is 2. The van der Waals surface area contributed by atoms with Gasteiger partial charge in [0.1, 0.15) is 0 Å². The Kier molecular flexibility index (Phi) is 25.2. The van der Waals surface area contributed by atoms with E-state index in [1.807, 2.05) is 32.6 Å². The van der Waals surface area contributed by atoms with E-state index < -0.39 is 11.8 Å². The fraction of sp³-hybridized carbons (Fsp3) is 1.00. The van der Waals surface area contributed by atoms with Crippen molar-refractivity contribution in [3.8, 4) is 0 Å². The number of hydrogen-bond acceptors (Lipinski definition) is 7. The highest BCUT2D eigenvalue weighted by Gasteiger charge is 2.50. The average Bonchev–Trinajstić information content (AvgIpc) is 2.92. The molecule has 0 amide bonds. The molecule has 236 valence electrons. The van der Waals surface area contributed by atoms with Crippen LogP contribution in [0, 0.1) is 0 Å². The summed E-state index contributed by atoms with van der Waals surface area (Å²) in [5, 5.41) is 19.0. The van der Waals surface area contributed by atoms with Gasteiger partial charge in [-0.3, -0.25) is 0 Å². The van der Waals surface area contributed by atoms with Crippen molar-refractivity contribution in [2.75, 3.05) is 39.6 Å². The van der Waals surface area contributed by atoms with E-state index in [-0.39, 0.29) is 32.5 Å². The first kappa shape index (κ1) is 38.7.